The minimum atomic E-state index is -4.21. The highest BCUT2D eigenvalue weighted by Crippen LogP contribution is 2.26. The van der Waals surface area contributed by atoms with Crippen LogP contribution >= 0.6 is 0 Å². The molecule has 0 radical (unpaired) electrons. The van der Waals surface area contributed by atoms with Crippen molar-refractivity contribution in [3.05, 3.63) is 95.3 Å². The average molecular weight is 568 g/mol. The molecule has 0 bridgehead atoms. The first-order valence-corrected chi connectivity index (χ1v) is 14.9. The zero-order valence-corrected chi connectivity index (χ0v) is 24.5. The molecule has 2 unspecified atom stereocenters. The lowest BCUT2D eigenvalue weighted by Gasteiger charge is -2.34. The van der Waals surface area contributed by atoms with E-state index in [1.165, 1.54) is 29.2 Å². The van der Waals surface area contributed by atoms with Gasteiger partial charge in [0.25, 0.3) is 10.0 Å². The van der Waals surface area contributed by atoms with Crippen LogP contribution in [0.4, 0.5) is 10.1 Å². The molecule has 0 aliphatic heterocycles. The lowest BCUT2D eigenvalue weighted by molar-refractivity contribution is -0.140. The molecular weight excluding hydrogens is 529 g/mol. The molecule has 1 N–H and O–H groups in total. The zero-order chi connectivity index (χ0) is 29.4. The van der Waals surface area contributed by atoms with Gasteiger partial charge in [0, 0.05) is 12.6 Å². The molecule has 2 amide bonds. The molecule has 2 atom stereocenters. The molecule has 7 nitrogen and oxygen atoms in total. The van der Waals surface area contributed by atoms with Gasteiger partial charge < -0.3 is 10.2 Å². The van der Waals surface area contributed by atoms with Gasteiger partial charge >= 0.3 is 0 Å². The molecule has 0 fully saturated rings. The Hall–Kier alpha value is -3.72. The summed E-state index contributed by atoms with van der Waals surface area (Å²) < 4.78 is 42.4. The SMILES string of the molecule is CCC(C)NC(=O)C(CC)N(Cc1ccccc1C)C(=O)CN(c1ccc(F)cc1)S(=O)(=O)c1ccc(C)cc1. The van der Waals surface area contributed by atoms with E-state index in [-0.39, 0.29) is 29.1 Å². The van der Waals surface area contributed by atoms with Crippen LogP contribution < -0.4 is 9.62 Å². The van der Waals surface area contributed by atoms with E-state index in [2.05, 4.69) is 5.32 Å². The maximum absolute atomic E-state index is 14.1. The van der Waals surface area contributed by atoms with E-state index in [1.807, 2.05) is 58.9 Å². The molecule has 0 aliphatic rings. The molecule has 214 valence electrons. The molecular formula is C31H38FN3O4S. The number of benzene rings is 3. The standard InChI is InChI=1S/C31H38FN3O4S/c1-6-24(5)33-31(37)29(7-2)34(20-25-11-9-8-10-23(25)4)30(36)21-35(27-16-14-26(32)15-17-27)40(38,39)28-18-12-22(3)13-19-28/h8-19,24,29H,6-7,20-21H2,1-5H3,(H,33,37). The summed E-state index contributed by atoms with van der Waals surface area (Å²) in [6, 6.07) is 17.9. The monoisotopic (exact) mass is 567 g/mol. The summed E-state index contributed by atoms with van der Waals surface area (Å²) in [5.41, 5.74) is 2.81. The lowest BCUT2D eigenvalue weighted by Crippen LogP contribution is -2.53. The van der Waals surface area contributed by atoms with Gasteiger partial charge in [-0.2, -0.15) is 0 Å². The predicted molar refractivity (Wildman–Crippen MR) is 156 cm³/mol. The van der Waals surface area contributed by atoms with Crippen LogP contribution in [0.25, 0.3) is 0 Å². The summed E-state index contributed by atoms with van der Waals surface area (Å²) in [7, 11) is -4.21. The smallest absolute Gasteiger partial charge is 0.264 e. The lowest BCUT2D eigenvalue weighted by atomic mass is 10.1. The molecule has 0 spiro atoms. The minimum absolute atomic E-state index is 0.00207. The fraction of sp³-hybridized carbons (Fsp3) is 0.355. The van der Waals surface area contributed by atoms with Gasteiger partial charge in [-0.25, -0.2) is 12.8 Å². The Labute approximate surface area is 237 Å². The maximum atomic E-state index is 14.1. The number of nitrogens with one attached hydrogen (secondary N) is 1. The number of aryl methyl sites for hydroxylation is 2. The second-order valence-electron chi connectivity index (χ2n) is 9.99. The van der Waals surface area contributed by atoms with Crippen molar-refractivity contribution in [1.82, 2.24) is 10.2 Å². The molecule has 0 saturated carbocycles. The minimum Gasteiger partial charge on any atom is -0.352 e. The summed E-state index contributed by atoms with van der Waals surface area (Å²) in [6.45, 7) is 8.99. The van der Waals surface area contributed by atoms with Crippen molar-refractivity contribution >= 4 is 27.5 Å². The van der Waals surface area contributed by atoms with Crippen LogP contribution in [0.3, 0.4) is 0 Å². The molecule has 0 saturated heterocycles. The second kappa shape index (κ2) is 13.6. The van der Waals surface area contributed by atoms with Gasteiger partial charge in [0.2, 0.25) is 11.8 Å². The number of carbonyl (C=O) groups excluding carboxylic acids is 2. The van der Waals surface area contributed by atoms with Gasteiger partial charge in [-0.3, -0.25) is 13.9 Å². The number of sulfonamides is 1. The molecule has 3 aromatic carbocycles. The number of carbonyl (C=O) groups is 2. The van der Waals surface area contributed by atoms with E-state index in [0.717, 1.165) is 39.5 Å². The van der Waals surface area contributed by atoms with Crippen molar-refractivity contribution < 1.29 is 22.4 Å². The number of nitrogens with zero attached hydrogens (tertiary/aromatic N) is 2. The molecule has 0 aliphatic carbocycles. The maximum Gasteiger partial charge on any atom is 0.264 e. The summed E-state index contributed by atoms with van der Waals surface area (Å²) in [5.74, 6) is -1.38. The largest absolute Gasteiger partial charge is 0.352 e. The summed E-state index contributed by atoms with van der Waals surface area (Å²) in [5, 5.41) is 2.96. The van der Waals surface area contributed by atoms with E-state index in [4.69, 9.17) is 0 Å². The van der Waals surface area contributed by atoms with Crippen LogP contribution in [0, 0.1) is 19.7 Å². The third kappa shape index (κ3) is 7.47. The van der Waals surface area contributed by atoms with Crippen molar-refractivity contribution in [2.45, 2.75) is 71.0 Å². The summed E-state index contributed by atoms with van der Waals surface area (Å²) in [6.07, 6.45) is 1.06. The molecule has 9 heteroatoms. The highest BCUT2D eigenvalue weighted by Gasteiger charge is 2.34. The van der Waals surface area contributed by atoms with Crippen LogP contribution in [-0.2, 0) is 26.2 Å². The second-order valence-corrected chi connectivity index (χ2v) is 11.9. The van der Waals surface area contributed by atoms with E-state index in [1.54, 1.807) is 12.1 Å². The van der Waals surface area contributed by atoms with E-state index in [0.29, 0.717) is 6.42 Å². The number of rotatable bonds is 12. The third-order valence-electron chi connectivity index (χ3n) is 6.99. The van der Waals surface area contributed by atoms with E-state index >= 15 is 0 Å². The Balaban J connectivity index is 2.06. The summed E-state index contributed by atoms with van der Waals surface area (Å²) in [4.78, 5) is 28.8. The molecule has 40 heavy (non-hydrogen) atoms. The van der Waals surface area contributed by atoms with Crippen molar-refractivity contribution in [2.75, 3.05) is 10.8 Å². The van der Waals surface area contributed by atoms with Gasteiger partial charge in [-0.1, -0.05) is 55.8 Å². The number of amides is 2. The Morgan fingerprint density at radius 3 is 2.10 bits per heavy atom. The third-order valence-corrected chi connectivity index (χ3v) is 8.78. The van der Waals surface area contributed by atoms with Gasteiger partial charge in [0.15, 0.2) is 0 Å². The van der Waals surface area contributed by atoms with Crippen LogP contribution in [0.1, 0.15) is 50.3 Å². The van der Waals surface area contributed by atoms with Crippen LogP contribution in [0.15, 0.2) is 77.7 Å². The fourth-order valence-electron chi connectivity index (χ4n) is 4.31. The predicted octanol–water partition coefficient (Wildman–Crippen LogP) is 5.36. The number of hydrogen-bond acceptors (Lipinski definition) is 4. The topological polar surface area (TPSA) is 86.8 Å². The Morgan fingerprint density at radius 1 is 0.900 bits per heavy atom. The highest BCUT2D eigenvalue weighted by molar-refractivity contribution is 7.92. The first-order valence-electron chi connectivity index (χ1n) is 13.5. The number of anilines is 1. The van der Waals surface area contributed by atoms with Gasteiger partial charge in [-0.15, -0.1) is 0 Å². The first-order chi connectivity index (χ1) is 19.0. The Morgan fingerprint density at radius 2 is 1.52 bits per heavy atom. The van der Waals surface area contributed by atoms with Gasteiger partial charge in [0.05, 0.1) is 10.6 Å². The van der Waals surface area contributed by atoms with Crippen molar-refractivity contribution in [3.8, 4) is 0 Å². The van der Waals surface area contributed by atoms with Crippen LogP contribution in [0.5, 0.6) is 0 Å². The zero-order valence-electron chi connectivity index (χ0n) is 23.7. The van der Waals surface area contributed by atoms with Crippen molar-refractivity contribution in [3.63, 3.8) is 0 Å². The average Bonchev–Trinajstić information content (AvgIpc) is 2.93. The Kier molecular flexibility index (Phi) is 10.5. The van der Waals surface area contributed by atoms with E-state index < -0.39 is 34.3 Å². The summed E-state index contributed by atoms with van der Waals surface area (Å²) >= 11 is 0. The molecule has 3 aromatic rings. The van der Waals surface area contributed by atoms with Crippen LogP contribution in [-0.4, -0.2) is 43.8 Å². The first kappa shape index (κ1) is 30.8. The quantitative estimate of drug-likeness (QED) is 0.319. The van der Waals surface area contributed by atoms with Crippen molar-refractivity contribution in [2.24, 2.45) is 0 Å². The molecule has 0 heterocycles. The fourth-order valence-corrected chi connectivity index (χ4v) is 5.72. The number of hydrogen-bond donors (Lipinski definition) is 1. The highest BCUT2D eigenvalue weighted by atomic mass is 32.2. The molecule has 0 aromatic heterocycles. The molecule has 3 rings (SSSR count). The van der Waals surface area contributed by atoms with Crippen molar-refractivity contribution in [1.29, 1.82) is 0 Å². The number of halogens is 1. The van der Waals surface area contributed by atoms with E-state index in [9.17, 15) is 22.4 Å². The van der Waals surface area contributed by atoms with Crippen LogP contribution in [0.2, 0.25) is 0 Å². The Bertz CT molecular complexity index is 1410. The van der Waals surface area contributed by atoms with Gasteiger partial charge in [-0.05, 0) is 81.1 Å². The normalized spacial score (nSPS) is 12.8. The van der Waals surface area contributed by atoms with Gasteiger partial charge in [0.1, 0.15) is 18.4 Å².